The zero-order valence-electron chi connectivity index (χ0n) is 30.7. The van der Waals surface area contributed by atoms with Crippen LogP contribution < -0.4 is 4.90 Å². The van der Waals surface area contributed by atoms with Crippen molar-refractivity contribution < 1.29 is 0 Å². The normalized spacial score (nSPS) is 11.6. The maximum absolute atomic E-state index is 2.42. The van der Waals surface area contributed by atoms with E-state index in [-0.39, 0.29) is 0 Å². The zero-order valence-corrected chi connectivity index (χ0v) is 30.7. The molecule has 1 aromatic heterocycles. The van der Waals surface area contributed by atoms with E-state index in [2.05, 4.69) is 228 Å². The van der Waals surface area contributed by atoms with Crippen LogP contribution in [-0.2, 0) is 0 Å². The number of hydrogen-bond acceptors (Lipinski definition) is 1. The Bertz CT molecular complexity index is 3230. The van der Waals surface area contributed by atoms with Crippen molar-refractivity contribution in [1.29, 1.82) is 0 Å². The fourth-order valence-electron chi connectivity index (χ4n) is 8.76. The smallest absolute Gasteiger partial charge is 0.0547 e. The van der Waals surface area contributed by atoms with E-state index in [1.807, 2.05) is 0 Å². The minimum Gasteiger partial charge on any atom is -0.310 e. The minimum absolute atomic E-state index is 1.10. The van der Waals surface area contributed by atoms with Gasteiger partial charge in [-0.1, -0.05) is 158 Å². The van der Waals surface area contributed by atoms with Gasteiger partial charge in [0.1, 0.15) is 0 Å². The van der Waals surface area contributed by atoms with Crippen molar-refractivity contribution in [3.05, 3.63) is 218 Å². The van der Waals surface area contributed by atoms with Crippen LogP contribution >= 0.6 is 0 Å². The van der Waals surface area contributed by atoms with Crippen LogP contribution in [0, 0.1) is 0 Å². The monoisotopic (exact) mass is 712 g/mol. The molecule has 0 unspecified atom stereocenters. The lowest BCUT2D eigenvalue weighted by atomic mass is 9.96. The summed E-state index contributed by atoms with van der Waals surface area (Å²) in [6.45, 7) is 0. The Morgan fingerprint density at radius 1 is 0.304 bits per heavy atom. The van der Waals surface area contributed by atoms with Crippen LogP contribution in [0.2, 0.25) is 0 Å². The number of aromatic nitrogens is 1. The molecule has 0 aliphatic heterocycles. The van der Waals surface area contributed by atoms with Crippen molar-refractivity contribution in [2.24, 2.45) is 0 Å². The fourth-order valence-corrected chi connectivity index (χ4v) is 8.76. The summed E-state index contributed by atoms with van der Waals surface area (Å²) in [5.41, 5.74) is 11.7. The Labute approximate surface area is 325 Å². The summed E-state index contributed by atoms with van der Waals surface area (Å²) < 4.78 is 2.42. The number of benzene rings is 10. The van der Waals surface area contributed by atoms with Crippen LogP contribution in [0.15, 0.2) is 218 Å². The van der Waals surface area contributed by atoms with Gasteiger partial charge < -0.3 is 9.47 Å². The molecule has 0 N–H and O–H groups in total. The van der Waals surface area contributed by atoms with Gasteiger partial charge in [-0.05, 0) is 115 Å². The molecule has 0 radical (unpaired) electrons. The van der Waals surface area contributed by atoms with Gasteiger partial charge in [0.25, 0.3) is 0 Å². The molecule has 0 atom stereocenters. The van der Waals surface area contributed by atoms with Crippen molar-refractivity contribution in [3.63, 3.8) is 0 Å². The molecule has 0 amide bonds. The van der Waals surface area contributed by atoms with Gasteiger partial charge in [0.15, 0.2) is 0 Å². The topological polar surface area (TPSA) is 8.17 Å². The average Bonchev–Trinajstić information content (AvgIpc) is 3.62. The average molecular weight is 713 g/mol. The summed E-state index contributed by atoms with van der Waals surface area (Å²) in [5.74, 6) is 0. The second-order valence-corrected chi connectivity index (χ2v) is 14.5. The van der Waals surface area contributed by atoms with Gasteiger partial charge in [-0.2, -0.15) is 0 Å². The molecule has 2 heteroatoms. The fraction of sp³-hybridized carbons (Fsp3) is 0. The SMILES string of the molecule is c1ccc(-c2ccc(N(c3cccc(-c4cccc5c4c4c6ccccc6ccc4n5-c4ccccc4)c3)c3ccc4c(ccc5ccccc54)c3)cc2)cc1. The van der Waals surface area contributed by atoms with Gasteiger partial charge in [-0.25, -0.2) is 0 Å². The lowest BCUT2D eigenvalue weighted by Crippen LogP contribution is -2.10. The van der Waals surface area contributed by atoms with Crippen molar-refractivity contribution in [2.75, 3.05) is 4.90 Å². The Kier molecular flexibility index (Phi) is 7.53. The van der Waals surface area contributed by atoms with Crippen LogP contribution in [-0.4, -0.2) is 4.57 Å². The van der Waals surface area contributed by atoms with Gasteiger partial charge in [0.05, 0.1) is 11.0 Å². The third-order valence-corrected chi connectivity index (χ3v) is 11.3. The van der Waals surface area contributed by atoms with Crippen molar-refractivity contribution in [1.82, 2.24) is 4.57 Å². The maximum Gasteiger partial charge on any atom is 0.0547 e. The lowest BCUT2D eigenvalue weighted by molar-refractivity contribution is 1.18. The second-order valence-electron chi connectivity index (χ2n) is 14.5. The Morgan fingerprint density at radius 2 is 0.875 bits per heavy atom. The van der Waals surface area contributed by atoms with E-state index in [4.69, 9.17) is 0 Å². The van der Waals surface area contributed by atoms with Crippen LogP contribution in [0.4, 0.5) is 17.1 Å². The molecule has 0 aliphatic rings. The van der Waals surface area contributed by atoms with Crippen molar-refractivity contribution in [3.8, 4) is 27.9 Å². The summed E-state index contributed by atoms with van der Waals surface area (Å²) in [7, 11) is 0. The molecule has 0 fully saturated rings. The number of fused-ring (bicyclic) bond motifs is 8. The highest BCUT2D eigenvalue weighted by atomic mass is 15.1. The first kappa shape index (κ1) is 32.0. The van der Waals surface area contributed by atoms with Crippen LogP contribution in [0.5, 0.6) is 0 Å². The molecular formula is C54H36N2. The Morgan fingerprint density at radius 3 is 1.70 bits per heavy atom. The van der Waals surface area contributed by atoms with E-state index in [0.717, 1.165) is 22.7 Å². The van der Waals surface area contributed by atoms with Crippen LogP contribution in [0.3, 0.4) is 0 Å². The molecule has 10 aromatic carbocycles. The molecule has 262 valence electrons. The number of para-hydroxylation sites is 1. The van der Waals surface area contributed by atoms with Crippen molar-refractivity contribution in [2.45, 2.75) is 0 Å². The minimum atomic E-state index is 1.10. The zero-order chi connectivity index (χ0) is 37.0. The number of nitrogens with zero attached hydrogens (tertiary/aromatic N) is 2. The molecular weight excluding hydrogens is 677 g/mol. The number of anilines is 3. The maximum atomic E-state index is 2.42. The first-order valence-corrected chi connectivity index (χ1v) is 19.3. The van der Waals surface area contributed by atoms with Crippen molar-refractivity contribution >= 4 is 71.2 Å². The van der Waals surface area contributed by atoms with E-state index in [0.29, 0.717) is 0 Å². The Hall–Kier alpha value is -7.42. The largest absolute Gasteiger partial charge is 0.310 e. The summed E-state index contributed by atoms with van der Waals surface area (Å²) >= 11 is 0. The van der Waals surface area contributed by atoms with Gasteiger partial charge in [-0.15, -0.1) is 0 Å². The predicted octanol–water partition coefficient (Wildman–Crippen LogP) is 15.0. The quantitative estimate of drug-likeness (QED) is 0.156. The van der Waals surface area contributed by atoms with Crippen LogP contribution in [0.25, 0.3) is 82.1 Å². The Balaban J connectivity index is 1.13. The lowest BCUT2D eigenvalue weighted by Gasteiger charge is -2.27. The molecule has 2 nitrogen and oxygen atoms in total. The van der Waals surface area contributed by atoms with Gasteiger partial charge in [0.2, 0.25) is 0 Å². The number of hydrogen-bond donors (Lipinski definition) is 0. The molecule has 11 rings (SSSR count). The van der Waals surface area contributed by atoms with Crippen LogP contribution in [0.1, 0.15) is 0 Å². The highest BCUT2D eigenvalue weighted by Gasteiger charge is 2.20. The summed E-state index contributed by atoms with van der Waals surface area (Å²) in [6.07, 6.45) is 0. The van der Waals surface area contributed by atoms with E-state index >= 15 is 0 Å². The van der Waals surface area contributed by atoms with E-state index in [9.17, 15) is 0 Å². The third kappa shape index (κ3) is 5.26. The van der Waals surface area contributed by atoms with Gasteiger partial charge in [-0.3, -0.25) is 0 Å². The molecule has 0 aliphatic carbocycles. The molecule has 11 aromatic rings. The van der Waals surface area contributed by atoms with Gasteiger partial charge in [0, 0.05) is 33.5 Å². The molecule has 0 spiro atoms. The molecule has 1 heterocycles. The predicted molar refractivity (Wildman–Crippen MR) is 239 cm³/mol. The molecule has 0 bridgehead atoms. The van der Waals surface area contributed by atoms with E-state index in [1.54, 1.807) is 0 Å². The standard InChI is InChI=1S/C54H36N2/c1-3-13-37(14-4-1)38-27-30-44(31-28-38)55(46-32-33-48-42(36-46)26-25-39-15-7-9-21-47(39)48)45-20-11-17-41(35-45)50-23-12-24-51-54(50)53-49-22-10-8-16-40(49)29-34-52(53)56(51)43-18-5-2-6-19-43/h1-36H. The number of rotatable bonds is 6. The summed E-state index contributed by atoms with van der Waals surface area (Å²) in [4.78, 5) is 2.40. The first-order valence-electron chi connectivity index (χ1n) is 19.3. The summed E-state index contributed by atoms with van der Waals surface area (Å²) in [6, 6.07) is 79.5. The molecule has 56 heavy (non-hydrogen) atoms. The highest BCUT2D eigenvalue weighted by molar-refractivity contribution is 6.25. The highest BCUT2D eigenvalue weighted by Crippen LogP contribution is 2.44. The molecule has 0 saturated heterocycles. The van der Waals surface area contributed by atoms with Gasteiger partial charge >= 0.3 is 0 Å². The first-order chi connectivity index (χ1) is 27.8. The van der Waals surface area contributed by atoms with E-state index < -0.39 is 0 Å². The van der Waals surface area contributed by atoms with E-state index in [1.165, 1.54) is 76.4 Å². The summed E-state index contributed by atoms with van der Waals surface area (Å²) in [5, 5.41) is 10.0. The second kappa shape index (κ2) is 13.2. The molecule has 0 saturated carbocycles. The third-order valence-electron chi connectivity index (χ3n) is 11.3.